The van der Waals surface area contributed by atoms with Crippen LogP contribution in [0, 0.1) is 17.2 Å². The Morgan fingerprint density at radius 1 is 1.15 bits per heavy atom. The smallest absolute Gasteiger partial charge is 0.125 e. The van der Waals surface area contributed by atoms with Gasteiger partial charge in [-0.3, -0.25) is 9.88 Å². The van der Waals surface area contributed by atoms with Crippen molar-refractivity contribution in [3.05, 3.63) is 66.0 Å². The van der Waals surface area contributed by atoms with Crippen LogP contribution in [0.25, 0.3) is 10.9 Å². The monoisotopic (exact) mass is 343 g/mol. The molecule has 0 aliphatic carbocycles. The summed E-state index contributed by atoms with van der Waals surface area (Å²) in [5.74, 6) is 1.44. The minimum atomic E-state index is 0.589. The van der Waals surface area contributed by atoms with E-state index in [9.17, 15) is 0 Å². The summed E-state index contributed by atoms with van der Waals surface area (Å²) in [6.45, 7) is 4.03. The van der Waals surface area contributed by atoms with Crippen molar-refractivity contribution < 1.29 is 0 Å². The van der Waals surface area contributed by atoms with Crippen LogP contribution < -0.4 is 5.32 Å². The lowest BCUT2D eigenvalue weighted by Crippen LogP contribution is -2.23. The fourth-order valence-electron chi connectivity index (χ4n) is 3.57. The van der Waals surface area contributed by atoms with Crippen LogP contribution in [-0.4, -0.2) is 34.5 Å². The zero-order valence-electron chi connectivity index (χ0n) is 14.6. The van der Waals surface area contributed by atoms with E-state index in [2.05, 4.69) is 50.5 Å². The van der Waals surface area contributed by atoms with Crippen molar-refractivity contribution in [3.8, 4) is 6.07 Å². The van der Waals surface area contributed by atoms with E-state index in [0.717, 1.165) is 37.5 Å². The number of anilines is 1. The van der Waals surface area contributed by atoms with Gasteiger partial charge in [0.15, 0.2) is 0 Å². The average molecular weight is 343 g/mol. The molecule has 1 aliphatic rings. The van der Waals surface area contributed by atoms with Crippen molar-refractivity contribution in [2.24, 2.45) is 5.92 Å². The SMILES string of the molecule is N#Cc1ccc(NC[C@H]2CCN(Cc3cccc4cccnc34)C2)nc1. The van der Waals surface area contributed by atoms with Gasteiger partial charge < -0.3 is 5.32 Å². The first kappa shape index (κ1) is 16.5. The number of nitriles is 1. The van der Waals surface area contributed by atoms with Gasteiger partial charge in [0.2, 0.25) is 0 Å². The van der Waals surface area contributed by atoms with Crippen LogP contribution in [0.1, 0.15) is 17.5 Å². The average Bonchev–Trinajstić information content (AvgIpc) is 3.14. The van der Waals surface area contributed by atoms with Gasteiger partial charge in [0.1, 0.15) is 11.9 Å². The lowest BCUT2D eigenvalue weighted by atomic mass is 10.1. The van der Waals surface area contributed by atoms with E-state index in [1.54, 1.807) is 12.3 Å². The Morgan fingerprint density at radius 2 is 2.08 bits per heavy atom. The van der Waals surface area contributed by atoms with Gasteiger partial charge in [-0.05, 0) is 42.6 Å². The number of hydrogen-bond donors (Lipinski definition) is 1. The van der Waals surface area contributed by atoms with Crippen LogP contribution in [0.2, 0.25) is 0 Å². The summed E-state index contributed by atoms with van der Waals surface area (Å²) in [6.07, 6.45) is 4.66. The number of aromatic nitrogens is 2. The summed E-state index contributed by atoms with van der Waals surface area (Å²) in [5, 5.41) is 13.4. The van der Waals surface area contributed by atoms with Crippen molar-refractivity contribution in [3.63, 3.8) is 0 Å². The Kier molecular flexibility index (Phi) is 4.76. The number of para-hydroxylation sites is 1. The number of rotatable bonds is 5. The third-order valence-corrected chi connectivity index (χ3v) is 4.94. The van der Waals surface area contributed by atoms with Crippen LogP contribution in [-0.2, 0) is 6.54 Å². The second kappa shape index (κ2) is 7.51. The summed E-state index contributed by atoms with van der Waals surface area (Å²) in [7, 11) is 0. The molecule has 5 nitrogen and oxygen atoms in total. The van der Waals surface area contributed by atoms with Gasteiger partial charge in [0.05, 0.1) is 11.1 Å². The molecule has 0 unspecified atom stereocenters. The Bertz CT molecular complexity index is 924. The van der Waals surface area contributed by atoms with Crippen LogP contribution in [0.5, 0.6) is 0 Å². The Morgan fingerprint density at radius 3 is 2.92 bits per heavy atom. The molecule has 1 atom stereocenters. The summed E-state index contributed by atoms with van der Waals surface area (Å²) in [5.41, 5.74) is 3.00. The number of pyridine rings is 2. The van der Waals surface area contributed by atoms with Crippen molar-refractivity contribution in [2.75, 3.05) is 25.0 Å². The second-order valence-electron chi connectivity index (χ2n) is 6.81. The highest BCUT2D eigenvalue weighted by molar-refractivity contribution is 5.81. The van der Waals surface area contributed by atoms with E-state index in [-0.39, 0.29) is 0 Å². The molecular weight excluding hydrogens is 322 g/mol. The molecular formula is C21H21N5. The molecule has 3 heterocycles. The molecule has 130 valence electrons. The van der Waals surface area contributed by atoms with E-state index in [4.69, 9.17) is 5.26 Å². The summed E-state index contributed by atoms with van der Waals surface area (Å²) in [4.78, 5) is 11.3. The maximum Gasteiger partial charge on any atom is 0.125 e. The molecule has 2 aromatic heterocycles. The number of likely N-dealkylation sites (tertiary alicyclic amines) is 1. The highest BCUT2D eigenvalue weighted by Crippen LogP contribution is 2.22. The van der Waals surface area contributed by atoms with E-state index < -0.39 is 0 Å². The van der Waals surface area contributed by atoms with Gasteiger partial charge in [-0.2, -0.15) is 5.26 Å². The van der Waals surface area contributed by atoms with Crippen molar-refractivity contribution in [1.82, 2.24) is 14.9 Å². The quantitative estimate of drug-likeness (QED) is 0.769. The predicted molar refractivity (Wildman–Crippen MR) is 103 cm³/mol. The molecule has 0 amide bonds. The van der Waals surface area contributed by atoms with E-state index >= 15 is 0 Å². The third-order valence-electron chi connectivity index (χ3n) is 4.94. The largest absolute Gasteiger partial charge is 0.370 e. The van der Waals surface area contributed by atoms with E-state index in [1.807, 2.05) is 18.3 Å². The first-order valence-corrected chi connectivity index (χ1v) is 8.97. The number of fused-ring (bicyclic) bond motifs is 1. The van der Waals surface area contributed by atoms with Crippen molar-refractivity contribution in [1.29, 1.82) is 5.26 Å². The Labute approximate surface area is 153 Å². The fraction of sp³-hybridized carbons (Fsp3) is 0.286. The minimum absolute atomic E-state index is 0.589. The van der Waals surface area contributed by atoms with Gasteiger partial charge in [0, 0.05) is 37.4 Å². The topological polar surface area (TPSA) is 64.8 Å². The molecule has 1 fully saturated rings. The lowest BCUT2D eigenvalue weighted by molar-refractivity contribution is 0.320. The van der Waals surface area contributed by atoms with Gasteiger partial charge in [0.25, 0.3) is 0 Å². The lowest BCUT2D eigenvalue weighted by Gasteiger charge is -2.17. The molecule has 1 aromatic carbocycles. The summed E-state index contributed by atoms with van der Waals surface area (Å²) in [6, 6.07) is 16.3. The molecule has 1 N–H and O–H groups in total. The van der Waals surface area contributed by atoms with E-state index in [0.29, 0.717) is 11.5 Å². The predicted octanol–water partition coefficient (Wildman–Crippen LogP) is 3.44. The van der Waals surface area contributed by atoms with Gasteiger partial charge in [-0.1, -0.05) is 24.3 Å². The molecule has 5 heteroatoms. The highest BCUT2D eigenvalue weighted by Gasteiger charge is 2.22. The number of hydrogen-bond acceptors (Lipinski definition) is 5. The van der Waals surface area contributed by atoms with Gasteiger partial charge in [-0.25, -0.2) is 4.98 Å². The molecule has 1 saturated heterocycles. The fourth-order valence-corrected chi connectivity index (χ4v) is 3.57. The maximum atomic E-state index is 8.83. The number of nitrogens with one attached hydrogen (secondary N) is 1. The molecule has 1 aliphatic heterocycles. The van der Waals surface area contributed by atoms with Crippen LogP contribution in [0.4, 0.5) is 5.82 Å². The van der Waals surface area contributed by atoms with Crippen LogP contribution in [0.3, 0.4) is 0 Å². The van der Waals surface area contributed by atoms with E-state index in [1.165, 1.54) is 17.4 Å². The zero-order valence-corrected chi connectivity index (χ0v) is 14.6. The van der Waals surface area contributed by atoms with Crippen molar-refractivity contribution in [2.45, 2.75) is 13.0 Å². The first-order chi connectivity index (χ1) is 12.8. The number of nitrogens with zero attached hydrogens (tertiary/aromatic N) is 4. The van der Waals surface area contributed by atoms with Crippen molar-refractivity contribution >= 4 is 16.7 Å². The maximum absolute atomic E-state index is 8.83. The molecule has 3 aromatic rings. The second-order valence-corrected chi connectivity index (χ2v) is 6.81. The number of benzene rings is 1. The molecule has 0 spiro atoms. The first-order valence-electron chi connectivity index (χ1n) is 8.97. The zero-order chi connectivity index (χ0) is 17.8. The summed E-state index contributed by atoms with van der Waals surface area (Å²) >= 11 is 0. The molecule has 26 heavy (non-hydrogen) atoms. The van der Waals surface area contributed by atoms with Gasteiger partial charge >= 0.3 is 0 Å². The summed E-state index contributed by atoms with van der Waals surface area (Å²) < 4.78 is 0. The normalized spacial score (nSPS) is 17.3. The van der Waals surface area contributed by atoms with Crippen LogP contribution in [0.15, 0.2) is 54.9 Å². The standard InChI is InChI=1S/C21H21N5/c22-11-16-6-7-20(24-12-16)25-13-17-8-10-26(14-17)15-19-4-1-3-18-5-2-9-23-21(18)19/h1-7,9,12,17H,8,10,13-15H2,(H,24,25)/t17-/m1/s1. The third kappa shape index (κ3) is 3.66. The molecule has 0 bridgehead atoms. The Balaban J connectivity index is 1.34. The van der Waals surface area contributed by atoms with Crippen LogP contribution >= 0.6 is 0 Å². The minimum Gasteiger partial charge on any atom is -0.370 e. The molecule has 0 saturated carbocycles. The Hall–Kier alpha value is -2.97. The molecule has 4 rings (SSSR count). The van der Waals surface area contributed by atoms with Gasteiger partial charge in [-0.15, -0.1) is 0 Å². The highest BCUT2D eigenvalue weighted by atomic mass is 15.2. The molecule has 0 radical (unpaired) electrons.